The zero-order valence-corrected chi connectivity index (χ0v) is 14.0. The molecule has 1 aliphatic heterocycles. The quantitative estimate of drug-likeness (QED) is 0.521. The lowest BCUT2D eigenvalue weighted by Crippen LogP contribution is -2.38. The van der Waals surface area contributed by atoms with E-state index in [4.69, 9.17) is 0 Å². The number of para-hydroxylation sites is 1. The molecule has 2 heterocycles. The number of aryl methyl sites for hydroxylation is 1. The topological polar surface area (TPSA) is 65.5 Å². The predicted octanol–water partition coefficient (Wildman–Crippen LogP) is 3.01. The Bertz CT molecular complexity index is 923. The molecule has 1 saturated heterocycles. The van der Waals surface area contributed by atoms with Gasteiger partial charge in [-0.15, -0.1) is 0 Å². The number of nitrogens with zero attached hydrogens (tertiary/aromatic N) is 2. The molecule has 0 radical (unpaired) electrons. The van der Waals surface area contributed by atoms with E-state index < -0.39 is 0 Å². The van der Waals surface area contributed by atoms with Crippen molar-refractivity contribution in [3.05, 3.63) is 47.7 Å². The first kappa shape index (κ1) is 14.6. The van der Waals surface area contributed by atoms with Crippen molar-refractivity contribution in [2.45, 2.75) is 19.8 Å². The second-order valence-electron chi connectivity index (χ2n) is 7.28. The van der Waals surface area contributed by atoms with Crippen molar-refractivity contribution in [1.82, 2.24) is 9.99 Å². The molecule has 1 aromatic heterocycles. The van der Waals surface area contributed by atoms with E-state index >= 15 is 0 Å². The molecular weight excluding hydrogens is 314 g/mol. The van der Waals surface area contributed by atoms with Crippen molar-refractivity contribution in [2.24, 2.45) is 28.8 Å². The van der Waals surface area contributed by atoms with E-state index in [9.17, 15) is 9.59 Å². The molecule has 1 N–H and O–H groups in total. The second-order valence-corrected chi connectivity index (χ2v) is 7.28. The Balaban J connectivity index is 1.50. The van der Waals surface area contributed by atoms with Gasteiger partial charge in [0, 0.05) is 22.2 Å². The van der Waals surface area contributed by atoms with E-state index in [2.05, 4.69) is 22.2 Å². The highest BCUT2D eigenvalue weighted by molar-refractivity contribution is 6.07. The SMILES string of the molecule is Cc1[nH]c2ccccc2c1/C=N\N1C(=O)[C@@H]2[C@@H](C1=O)[C@H]1C=C[C@H]2CC1. The fourth-order valence-corrected chi connectivity index (χ4v) is 4.75. The summed E-state index contributed by atoms with van der Waals surface area (Å²) in [7, 11) is 0. The number of hydrogen-bond acceptors (Lipinski definition) is 3. The molecule has 2 bridgehead atoms. The number of hydrogen-bond donors (Lipinski definition) is 1. The van der Waals surface area contributed by atoms with Crippen LogP contribution in [0, 0.1) is 30.6 Å². The van der Waals surface area contributed by atoms with Gasteiger partial charge in [-0.2, -0.15) is 10.1 Å². The van der Waals surface area contributed by atoms with Crippen LogP contribution in [0.5, 0.6) is 0 Å². The number of H-pyrrole nitrogens is 1. The minimum Gasteiger partial charge on any atom is -0.358 e. The largest absolute Gasteiger partial charge is 0.358 e. The number of allylic oxidation sites excluding steroid dienone is 2. The molecule has 5 nitrogen and oxygen atoms in total. The van der Waals surface area contributed by atoms with E-state index in [1.807, 2.05) is 31.2 Å². The summed E-state index contributed by atoms with van der Waals surface area (Å²) < 4.78 is 0. The summed E-state index contributed by atoms with van der Waals surface area (Å²) in [6.07, 6.45) is 7.90. The van der Waals surface area contributed by atoms with Gasteiger partial charge in [0.2, 0.25) is 0 Å². The molecular formula is C20H19N3O2. The maximum absolute atomic E-state index is 12.8. The number of imide groups is 1. The molecule has 5 heteroatoms. The zero-order chi connectivity index (χ0) is 17.1. The van der Waals surface area contributed by atoms with Crippen molar-refractivity contribution in [1.29, 1.82) is 0 Å². The van der Waals surface area contributed by atoms with Crippen LogP contribution in [0.25, 0.3) is 10.9 Å². The number of carbonyl (C=O) groups excluding carboxylic acids is 2. The average molecular weight is 333 g/mol. The molecule has 2 amide bonds. The minimum absolute atomic E-state index is 0.136. The van der Waals surface area contributed by atoms with E-state index in [1.165, 1.54) is 0 Å². The number of fused-ring (bicyclic) bond motifs is 2. The molecule has 25 heavy (non-hydrogen) atoms. The van der Waals surface area contributed by atoms with Crippen LogP contribution in [0.2, 0.25) is 0 Å². The molecule has 0 spiro atoms. The van der Waals surface area contributed by atoms with Crippen molar-refractivity contribution in [3.8, 4) is 0 Å². The highest BCUT2D eigenvalue weighted by Crippen LogP contribution is 2.49. The van der Waals surface area contributed by atoms with Gasteiger partial charge in [0.05, 0.1) is 18.1 Å². The van der Waals surface area contributed by atoms with Gasteiger partial charge in [-0.05, 0) is 37.7 Å². The lowest BCUT2D eigenvalue weighted by Gasteiger charge is -2.37. The lowest BCUT2D eigenvalue weighted by molar-refractivity contribution is -0.140. The number of benzene rings is 1. The van der Waals surface area contributed by atoms with Crippen molar-refractivity contribution in [2.75, 3.05) is 0 Å². The average Bonchev–Trinajstić information content (AvgIpc) is 3.10. The van der Waals surface area contributed by atoms with Gasteiger partial charge in [-0.1, -0.05) is 30.4 Å². The second kappa shape index (κ2) is 5.15. The van der Waals surface area contributed by atoms with Gasteiger partial charge in [0.25, 0.3) is 11.8 Å². The fourth-order valence-electron chi connectivity index (χ4n) is 4.75. The third kappa shape index (κ3) is 1.98. The normalized spacial score (nSPS) is 30.8. The van der Waals surface area contributed by atoms with E-state index in [1.54, 1.807) is 6.21 Å². The van der Waals surface area contributed by atoms with Crippen LogP contribution >= 0.6 is 0 Å². The van der Waals surface area contributed by atoms with Gasteiger partial charge >= 0.3 is 0 Å². The fraction of sp³-hybridized carbons (Fsp3) is 0.350. The molecule has 0 unspecified atom stereocenters. The summed E-state index contributed by atoms with van der Waals surface area (Å²) in [6, 6.07) is 7.96. The Morgan fingerprint density at radius 3 is 2.36 bits per heavy atom. The van der Waals surface area contributed by atoms with Gasteiger partial charge in [0.15, 0.2) is 0 Å². The summed E-state index contributed by atoms with van der Waals surface area (Å²) in [5.41, 5.74) is 2.92. The number of aromatic nitrogens is 1. The molecule has 2 fully saturated rings. The van der Waals surface area contributed by atoms with Crippen LogP contribution in [-0.4, -0.2) is 28.0 Å². The van der Waals surface area contributed by atoms with Crippen LogP contribution < -0.4 is 0 Å². The Morgan fingerprint density at radius 2 is 1.72 bits per heavy atom. The monoisotopic (exact) mass is 333 g/mol. The Morgan fingerprint density at radius 1 is 1.08 bits per heavy atom. The van der Waals surface area contributed by atoms with Gasteiger partial charge in [0.1, 0.15) is 0 Å². The molecule has 6 rings (SSSR count). The van der Waals surface area contributed by atoms with Crippen LogP contribution in [0.1, 0.15) is 24.1 Å². The Hall–Kier alpha value is -2.69. The number of carbonyl (C=O) groups is 2. The maximum atomic E-state index is 12.8. The van der Waals surface area contributed by atoms with Crippen molar-refractivity contribution >= 4 is 28.9 Å². The number of amides is 2. The van der Waals surface area contributed by atoms with Crippen molar-refractivity contribution in [3.63, 3.8) is 0 Å². The van der Waals surface area contributed by atoms with E-state index in [0.717, 1.165) is 40.0 Å². The summed E-state index contributed by atoms with van der Waals surface area (Å²) in [6.45, 7) is 1.97. The van der Waals surface area contributed by atoms with Gasteiger partial charge in [-0.3, -0.25) is 9.59 Å². The van der Waals surface area contributed by atoms with Crippen LogP contribution in [0.3, 0.4) is 0 Å². The first-order valence-corrected chi connectivity index (χ1v) is 8.82. The standard InChI is InChI=1S/C20H19N3O2/c1-11-15(14-4-2-3-5-16(14)22-11)10-21-23-19(24)17-12-6-7-13(9-8-12)18(17)20(23)25/h2-7,10,12-13,17-18,22H,8-9H2,1H3/b21-10-/t12-,13-,17-,18-/m0/s1. The summed E-state index contributed by atoms with van der Waals surface area (Å²) in [5.74, 6) is -0.302. The predicted molar refractivity (Wildman–Crippen MR) is 94.8 cm³/mol. The van der Waals surface area contributed by atoms with E-state index in [0.29, 0.717) is 0 Å². The first-order chi connectivity index (χ1) is 12.1. The third-order valence-electron chi connectivity index (χ3n) is 5.98. The van der Waals surface area contributed by atoms with Crippen LogP contribution in [-0.2, 0) is 9.59 Å². The maximum Gasteiger partial charge on any atom is 0.254 e. The molecule has 4 atom stereocenters. The number of hydrazone groups is 1. The molecule has 126 valence electrons. The first-order valence-electron chi connectivity index (χ1n) is 8.82. The number of rotatable bonds is 2. The summed E-state index contributed by atoms with van der Waals surface area (Å²) >= 11 is 0. The molecule has 1 aromatic carbocycles. The highest BCUT2D eigenvalue weighted by Gasteiger charge is 2.56. The van der Waals surface area contributed by atoms with Crippen molar-refractivity contribution < 1.29 is 9.59 Å². The highest BCUT2D eigenvalue weighted by atomic mass is 16.2. The van der Waals surface area contributed by atoms with E-state index in [-0.39, 0.29) is 35.5 Å². The molecule has 4 aliphatic rings. The zero-order valence-electron chi connectivity index (χ0n) is 14.0. The minimum atomic E-state index is -0.211. The van der Waals surface area contributed by atoms with Gasteiger partial charge < -0.3 is 4.98 Å². The number of nitrogens with one attached hydrogen (secondary N) is 1. The molecule has 2 aromatic rings. The summed E-state index contributed by atoms with van der Waals surface area (Å²) in [4.78, 5) is 28.9. The molecule has 1 saturated carbocycles. The smallest absolute Gasteiger partial charge is 0.254 e. The Labute approximate surface area is 145 Å². The Kier molecular flexibility index (Phi) is 3.02. The molecule has 3 aliphatic carbocycles. The summed E-state index contributed by atoms with van der Waals surface area (Å²) in [5, 5.41) is 6.48. The van der Waals surface area contributed by atoms with Crippen LogP contribution in [0.15, 0.2) is 41.5 Å². The van der Waals surface area contributed by atoms with Crippen LogP contribution in [0.4, 0.5) is 0 Å². The van der Waals surface area contributed by atoms with Gasteiger partial charge in [-0.25, -0.2) is 0 Å². The third-order valence-corrected chi connectivity index (χ3v) is 5.98. The number of aromatic amines is 1. The lowest BCUT2D eigenvalue weighted by atomic mass is 9.63.